The van der Waals surface area contributed by atoms with Gasteiger partial charge in [0.15, 0.2) is 17.1 Å². The Labute approximate surface area is 185 Å². The van der Waals surface area contributed by atoms with Gasteiger partial charge in [-0.25, -0.2) is 4.98 Å². The van der Waals surface area contributed by atoms with Crippen LogP contribution in [0.25, 0.3) is 28.2 Å². The number of nitrogens with two attached hydrogens (primary N) is 1. The number of fused-ring (bicyclic) bond motifs is 2. The molecule has 162 valence electrons. The van der Waals surface area contributed by atoms with E-state index in [2.05, 4.69) is 15.3 Å². The maximum Gasteiger partial charge on any atom is 0.251 e. The number of aromatic nitrogens is 3. The number of hydrogen-bond donors (Lipinski definition) is 2. The molecule has 0 saturated heterocycles. The second-order valence-corrected chi connectivity index (χ2v) is 8.33. The third-order valence-corrected chi connectivity index (χ3v) is 5.47. The fourth-order valence-corrected chi connectivity index (χ4v) is 3.53. The monoisotopic (exact) mass is 429 g/mol. The molecular weight excluding hydrogens is 406 g/mol. The molecule has 0 fully saturated rings. The van der Waals surface area contributed by atoms with Crippen LogP contribution in [0.4, 0.5) is 0 Å². The van der Waals surface area contributed by atoms with E-state index in [0.717, 1.165) is 39.7 Å². The van der Waals surface area contributed by atoms with Gasteiger partial charge in [0, 0.05) is 35.0 Å². The van der Waals surface area contributed by atoms with Crippen molar-refractivity contribution in [2.24, 2.45) is 5.73 Å². The number of imidazole rings is 1. The van der Waals surface area contributed by atoms with Crippen LogP contribution in [0.1, 0.15) is 24.2 Å². The first-order valence-electron chi connectivity index (χ1n) is 10.3. The van der Waals surface area contributed by atoms with Gasteiger partial charge in [0.2, 0.25) is 6.79 Å². The predicted molar refractivity (Wildman–Crippen MR) is 121 cm³/mol. The second-order valence-electron chi connectivity index (χ2n) is 8.33. The summed E-state index contributed by atoms with van der Waals surface area (Å²) in [7, 11) is 0. The average Bonchev–Trinajstić information content (AvgIpc) is 3.44. The quantitative estimate of drug-likeness (QED) is 0.505. The molecule has 8 nitrogen and oxygen atoms in total. The molecule has 5 rings (SSSR count). The van der Waals surface area contributed by atoms with Gasteiger partial charge in [-0.2, -0.15) is 0 Å². The standard InChI is InChI=1S/C24H23N5O3/c1-24(2,13-25)28-23(30)16-5-3-15(4-6-16)18-12-29-19(10-27-22(29)11-26-18)17-7-8-20-21(9-17)32-14-31-20/h3-12H,13-14,25H2,1-2H3,(H,28,30). The zero-order chi connectivity index (χ0) is 22.3. The largest absolute Gasteiger partial charge is 0.454 e. The highest BCUT2D eigenvalue weighted by atomic mass is 16.7. The van der Waals surface area contributed by atoms with Gasteiger partial charge >= 0.3 is 0 Å². The zero-order valence-corrected chi connectivity index (χ0v) is 17.8. The molecule has 0 spiro atoms. The topological polar surface area (TPSA) is 104 Å². The molecule has 3 heterocycles. The lowest BCUT2D eigenvalue weighted by Gasteiger charge is -2.24. The molecule has 2 aromatic carbocycles. The van der Waals surface area contributed by atoms with Crippen molar-refractivity contribution in [1.29, 1.82) is 0 Å². The van der Waals surface area contributed by atoms with Crippen molar-refractivity contribution in [3.8, 4) is 34.0 Å². The van der Waals surface area contributed by atoms with Gasteiger partial charge in [-0.3, -0.25) is 14.2 Å². The van der Waals surface area contributed by atoms with Crippen LogP contribution < -0.4 is 20.5 Å². The molecule has 0 bridgehead atoms. The summed E-state index contributed by atoms with van der Waals surface area (Å²) in [6.45, 7) is 4.37. The smallest absolute Gasteiger partial charge is 0.251 e. The Hall–Kier alpha value is -3.91. The molecule has 1 aliphatic rings. The highest BCUT2D eigenvalue weighted by Crippen LogP contribution is 2.36. The van der Waals surface area contributed by atoms with Gasteiger partial charge < -0.3 is 20.5 Å². The van der Waals surface area contributed by atoms with Crippen LogP contribution in [-0.4, -0.2) is 39.2 Å². The molecule has 2 aromatic heterocycles. The summed E-state index contributed by atoms with van der Waals surface area (Å²) in [5, 5.41) is 2.93. The van der Waals surface area contributed by atoms with Gasteiger partial charge in [-0.05, 0) is 44.2 Å². The third kappa shape index (κ3) is 3.65. The Morgan fingerprint density at radius 2 is 1.81 bits per heavy atom. The number of carbonyl (C=O) groups excluding carboxylic acids is 1. The maximum absolute atomic E-state index is 12.5. The van der Waals surface area contributed by atoms with Crippen molar-refractivity contribution in [3.63, 3.8) is 0 Å². The van der Waals surface area contributed by atoms with E-state index in [-0.39, 0.29) is 12.7 Å². The average molecular weight is 429 g/mol. The molecule has 4 aromatic rings. The number of nitrogens with zero attached hydrogens (tertiary/aromatic N) is 3. The zero-order valence-electron chi connectivity index (χ0n) is 17.8. The van der Waals surface area contributed by atoms with Crippen molar-refractivity contribution in [3.05, 3.63) is 66.6 Å². The fraction of sp³-hybridized carbons (Fsp3) is 0.208. The molecule has 8 heteroatoms. The van der Waals surface area contributed by atoms with Gasteiger partial charge in [0.1, 0.15) is 0 Å². The van der Waals surface area contributed by atoms with Crippen molar-refractivity contribution in [2.45, 2.75) is 19.4 Å². The Balaban J connectivity index is 1.45. The lowest BCUT2D eigenvalue weighted by Crippen LogP contribution is -2.48. The summed E-state index contributed by atoms with van der Waals surface area (Å²) >= 11 is 0. The van der Waals surface area contributed by atoms with Crippen LogP contribution in [-0.2, 0) is 0 Å². The highest BCUT2D eigenvalue weighted by molar-refractivity contribution is 5.95. The molecule has 32 heavy (non-hydrogen) atoms. The van der Waals surface area contributed by atoms with Crippen LogP contribution in [0.15, 0.2) is 61.1 Å². The Bertz CT molecular complexity index is 1310. The number of amides is 1. The molecule has 0 aliphatic carbocycles. The molecule has 1 aliphatic heterocycles. The Morgan fingerprint density at radius 3 is 2.59 bits per heavy atom. The number of rotatable bonds is 5. The summed E-state index contributed by atoms with van der Waals surface area (Å²) in [6.07, 6.45) is 5.48. The summed E-state index contributed by atoms with van der Waals surface area (Å²) in [4.78, 5) is 21.5. The minimum absolute atomic E-state index is 0.157. The Morgan fingerprint density at radius 1 is 1.06 bits per heavy atom. The first-order chi connectivity index (χ1) is 15.4. The summed E-state index contributed by atoms with van der Waals surface area (Å²) < 4.78 is 12.9. The SMILES string of the molecule is CC(C)(CN)NC(=O)c1ccc(-c2cn3c(-c4ccc5c(c4)OCO5)cnc3cn2)cc1. The Kier molecular flexibility index (Phi) is 4.79. The van der Waals surface area contributed by atoms with E-state index >= 15 is 0 Å². The van der Waals surface area contributed by atoms with E-state index in [4.69, 9.17) is 15.2 Å². The van der Waals surface area contributed by atoms with E-state index < -0.39 is 5.54 Å². The van der Waals surface area contributed by atoms with E-state index in [1.807, 2.05) is 61.0 Å². The first kappa shape index (κ1) is 20.0. The van der Waals surface area contributed by atoms with Crippen molar-refractivity contribution in [2.75, 3.05) is 13.3 Å². The van der Waals surface area contributed by atoms with Gasteiger partial charge in [-0.1, -0.05) is 12.1 Å². The lowest BCUT2D eigenvalue weighted by molar-refractivity contribution is 0.0915. The van der Waals surface area contributed by atoms with E-state index in [9.17, 15) is 4.79 Å². The number of ether oxygens (including phenoxy) is 2. The van der Waals surface area contributed by atoms with Crippen LogP contribution in [0, 0.1) is 0 Å². The molecule has 0 radical (unpaired) electrons. The van der Waals surface area contributed by atoms with E-state index in [1.54, 1.807) is 18.3 Å². The van der Waals surface area contributed by atoms with Crippen LogP contribution >= 0.6 is 0 Å². The molecule has 0 atom stereocenters. The summed E-state index contributed by atoms with van der Waals surface area (Å²) in [5.41, 5.74) is 10.1. The fourth-order valence-electron chi connectivity index (χ4n) is 3.53. The van der Waals surface area contributed by atoms with Crippen LogP contribution in [0.3, 0.4) is 0 Å². The molecule has 1 amide bonds. The molecular formula is C24H23N5O3. The predicted octanol–water partition coefficient (Wildman–Crippen LogP) is 3.26. The second kappa shape index (κ2) is 7.65. The maximum atomic E-state index is 12.5. The van der Waals surface area contributed by atoms with Crippen LogP contribution in [0.5, 0.6) is 11.5 Å². The lowest BCUT2D eigenvalue weighted by atomic mass is 10.0. The number of benzene rings is 2. The first-order valence-corrected chi connectivity index (χ1v) is 10.3. The van der Waals surface area contributed by atoms with Crippen molar-refractivity contribution in [1.82, 2.24) is 19.7 Å². The van der Waals surface area contributed by atoms with Gasteiger partial charge in [-0.15, -0.1) is 0 Å². The molecule has 0 unspecified atom stereocenters. The highest BCUT2D eigenvalue weighted by Gasteiger charge is 2.19. The molecule has 0 saturated carbocycles. The number of carbonyl (C=O) groups is 1. The number of nitrogens with one attached hydrogen (secondary N) is 1. The summed E-state index contributed by atoms with van der Waals surface area (Å²) in [5.74, 6) is 1.30. The van der Waals surface area contributed by atoms with Gasteiger partial charge in [0.25, 0.3) is 5.91 Å². The van der Waals surface area contributed by atoms with E-state index in [1.165, 1.54) is 0 Å². The minimum atomic E-state index is -0.463. The van der Waals surface area contributed by atoms with E-state index in [0.29, 0.717) is 12.1 Å². The van der Waals surface area contributed by atoms with Crippen molar-refractivity contribution >= 4 is 11.6 Å². The number of hydrogen-bond acceptors (Lipinski definition) is 6. The summed E-state index contributed by atoms with van der Waals surface area (Å²) in [6, 6.07) is 13.2. The normalized spacial score (nSPS) is 12.8. The molecule has 3 N–H and O–H groups in total. The third-order valence-electron chi connectivity index (χ3n) is 5.47. The van der Waals surface area contributed by atoms with Crippen molar-refractivity contribution < 1.29 is 14.3 Å². The van der Waals surface area contributed by atoms with Crippen LogP contribution in [0.2, 0.25) is 0 Å². The van der Waals surface area contributed by atoms with Gasteiger partial charge in [0.05, 0.1) is 23.8 Å². The minimum Gasteiger partial charge on any atom is -0.454 e.